The number of methoxy groups -OCH3 is 4. The third-order valence-electron chi connectivity index (χ3n) is 1.15. The van der Waals surface area contributed by atoms with Crippen LogP contribution in [0.2, 0.25) is 0 Å². The molecule has 0 atom stereocenters. The second-order valence-corrected chi connectivity index (χ2v) is 2.98. The normalized spacial score (nSPS) is 11.9. The first-order chi connectivity index (χ1) is 6.67. The van der Waals surface area contributed by atoms with E-state index in [1.165, 1.54) is 28.4 Å². The van der Waals surface area contributed by atoms with E-state index < -0.39 is 21.2 Å². The van der Waals surface area contributed by atoms with E-state index in [1.54, 1.807) is 0 Å². The van der Waals surface area contributed by atoms with Crippen LogP contribution in [0.15, 0.2) is 0 Å². The average Bonchev–Trinajstić information content (AvgIpc) is 2.22. The van der Waals surface area contributed by atoms with Crippen LogP contribution in [-0.4, -0.2) is 41.4 Å². The summed E-state index contributed by atoms with van der Waals surface area (Å²) in [7, 11) is 2.58. The zero-order valence-electron chi connectivity index (χ0n) is 8.51. The van der Waals surface area contributed by atoms with E-state index in [2.05, 4.69) is 18.9 Å². The Morgan fingerprint density at radius 3 is 1.29 bits per heavy atom. The molecule has 8 heteroatoms. The summed E-state index contributed by atoms with van der Waals surface area (Å²) in [5.74, 6) is 0. The van der Waals surface area contributed by atoms with Crippen molar-refractivity contribution in [1.29, 1.82) is 0 Å². The molecular formula is C6H15O7P. The predicted molar refractivity (Wildman–Crippen MR) is 46.8 cm³/mol. The Kier molecular flexibility index (Phi) is 8.30. The summed E-state index contributed by atoms with van der Waals surface area (Å²) in [5.41, 5.74) is 0. The fourth-order valence-electron chi connectivity index (χ4n) is 0.570. The average molecular weight is 230 g/mol. The first kappa shape index (κ1) is 14.0. The molecule has 0 aromatic rings. The van der Waals surface area contributed by atoms with E-state index in [0.717, 1.165) is 0 Å². The van der Waals surface area contributed by atoms with Gasteiger partial charge in [0.1, 0.15) is 0 Å². The highest BCUT2D eigenvalue weighted by Gasteiger charge is 2.15. The smallest absolute Gasteiger partial charge is 0.327 e. The van der Waals surface area contributed by atoms with Gasteiger partial charge in [0.25, 0.3) is 13.0 Å². The van der Waals surface area contributed by atoms with E-state index in [-0.39, 0.29) is 0 Å². The van der Waals surface area contributed by atoms with Gasteiger partial charge in [-0.05, 0) is 0 Å². The van der Waals surface area contributed by atoms with Crippen LogP contribution >= 0.6 is 8.25 Å². The molecule has 0 unspecified atom stereocenters. The van der Waals surface area contributed by atoms with E-state index in [4.69, 9.17) is 9.05 Å². The van der Waals surface area contributed by atoms with Gasteiger partial charge in [-0.2, -0.15) is 0 Å². The molecule has 0 heterocycles. The van der Waals surface area contributed by atoms with Gasteiger partial charge in [0.2, 0.25) is 0 Å². The van der Waals surface area contributed by atoms with Crippen LogP contribution in [0.5, 0.6) is 0 Å². The lowest BCUT2D eigenvalue weighted by atomic mass is 11.2. The summed E-state index contributed by atoms with van der Waals surface area (Å²) in [6, 6.07) is 0. The summed E-state index contributed by atoms with van der Waals surface area (Å²) in [4.78, 5) is 0. The molecule has 0 saturated carbocycles. The number of hydrogen-bond acceptors (Lipinski definition) is 7. The van der Waals surface area contributed by atoms with Gasteiger partial charge in [0, 0.05) is 28.4 Å². The summed E-state index contributed by atoms with van der Waals surface area (Å²) < 4.78 is 39.1. The lowest BCUT2D eigenvalue weighted by molar-refractivity contribution is -0.244. The van der Waals surface area contributed by atoms with Gasteiger partial charge in [-0.3, -0.25) is 13.6 Å². The Balaban J connectivity index is 3.83. The minimum Gasteiger partial charge on any atom is -0.333 e. The molecule has 0 aliphatic carbocycles. The third kappa shape index (κ3) is 5.66. The fourth-order valence-corrected chi connectivity index (χ4v) is 1.32. The lowest BCUT2D eigenvalue weighted by Crippen LogP contribution is -2.17. The van der Waals surface area contributed by atoms with E-state index in [0.29, 0.717) is 0 Å². The zero-order chi connectivity index (χ0) is 11.0. The summed E-state index contributed by atoms with van der Waals surface area (Å²) >= 11 is 0. The zero-order valence-corrected chi connectivity index (χ0v) is 9.51. The maximum absolute atomic E-state index is 11.1. The molecule has 0 fully saturated rings. The quantitative estimate of drug-likeness (QED) is 0.445. The molecule has 0 aromatic carbocycles. The van der Waals surface area contributed by atoms with Crippen molar-refractivity contribution in [2.45, 2.75) is 13.0 Å². The standard InChI is InChI=1S/C6H15O7P/c1-8-5(9-2)12-14(7)13-6(10-3)11-4/h5-6,14H,1-4H3. The molecule has 0 N–H and O–H groups in total. The number of ether oxygens (including phenoxy) is 4. The molecule has 0 aliphatic heterocycles. The van der Waals surface area contributed by atoms with Gasteiger partial charge < -0.3 is 18.9 Å². The molecule has 0 saturated heterocycles. The van der Waals surface area contributed by atoms with Crippen LogP contribution in [-0.2, 0) is 32.6 Å². The van der Waals surface area contributed by atoms with Crippen molar-refractivity contribution in [3.05, 3.63) is 0 Å². The number of rotatable bonds is 8. The second-order valence-electron chi connectivity index (χ2n) is 2.01. The topological polar surface area (TPSA) is 72.5 Å². The van der Waals surface area contributed by atoms with Gasteiger partial charge in [-0.1, -0.05) is 0 Å². The van der Waals surface area contributed by atoms with Crippen LogP contribution in [0.3, 0.4) is 0 Å². The molecule has 7 nitrogen and oxygen atoms in total. The Labute approximate surface area is 83.1 Å². The molecule has 0 bridgehead atoms. The van der Waals surface area contributed by atoms with Gasteiger partial charge in [-0.15, -0.1) is 0 Å². The van der Waals surface area contributed by atoms with E-state index in [9.17, 15) is 4.57 Å². The highest BCUT2D eigenvalue weighted by molar-refractivity contribution is 7.33. The molecular weight excluding hydrogens is 215 g/mol. The molecule has 0 spiro atoms. The molecule has 14 heavy (non-hydrogen) atoms. The van der Waals surface area contributed by atoms with Crippen LogP contribution in [0, 0.1) is 0 Å². The Morgan fingerprint density at radius 1 is 0.786 bits per heavy atom. The minimum atomic E-state index is -2.79. The largest absolute Gasteiger partial charge is 0.333 e. The van der Waals surface area contributed by atoms with Crippen molar-refractivity contribution in [3.63, 3.8) is 0 Å². The lowest BCUT2D eigenvalue weighted by Gasteiger charge is -2.16. The Bertz CT molecular complexity index is 140. The van der Waals surface area contributed by atoms with E-state index >= 15 is 0 Å². The van der Waals surface area contributed by atoms with Crippen molar-refractivity contribution in [2.75, 3.05) is 28.4 Å². The maximum atomic E-state index is 11.1. The van der Waals surface area contributed by atoms with Crippen molar-refractivity contribution >= 4 is 8.25 Å². The van der Waals surface area contributed by atoms with Crippen molar-refractivity contribution in [1.82, 2.24) is 0 Å². The van der Waals surface area contributed by atoms with Gasteiger partial charge in [0.15, 0.2) is 0 Å². The number of hydrogen-bond donors (Lipinski definition) is 0. The fraction of sp³-hybridized carbons (Fsp3) is 1.00. The predicted octanol–water partition coefficient (Wildman–Crippen LogP) is 0.562. The van der Waals surface area contributed by atoms with Gasteiger partial charge >= 0.3 is 8.25 Å². The molecule has 0 amide bonds. The highest BCUT2D eigenvalue weighted by Crippen LogP contribution is 2.28. The molecule has 0 aliphatic rings. The maximum Gasteiger partial charge on any atom is 0.327 e. The van der Waals surface area contributed by atoms with Crippen molar-refractivity contribution in [3.8, 4) is 0 Å². The SMILES string of the molecule is COC(OC)O[PH](=O)OC(OC)OC. The van der Waals surface area contributed by atoms with Crippen LogP contribution < -0.4 is 0 Å². The van der Waals surface area contributed by atoms with Gasteiger partial charge in [0.05, 0.1) is 0 Å². The second kappa shape index (κ2) is 8.31. The van der Waals surface area contributed by atoms with Crippen molar-refractivity contribution < 1.29 is 32.6 Å². The first-order valence-corrected chi connectivity index (χ1v) is 4.88. The van der Waals surface area contributed by atoms with Crippen LogP contribution in [0.1, 0.15) is 0 Å². The molecule has 0 rings (SSSR count). The highest BCUT2D eigenvalue weighted by atomic mass is 31.1. The summed E-state index contributed by atoms with van der Waals surface area (Å²) in [5, 5.41) is 0. The van der Waals surface area contributed by atoms with Gasteiger partial charge in [-0.25, -0.2) is 0 Å². The van der Waals surface area contributed by atoms with Crippen LogP contribution in [0.25, 0.3) is 0 Å². The summed E-state index contributed by atoms with van der Waals surface area (Å²) in [6.07, 6.45) is 0. The van der Waals surface area contributed by atoms with Crippen molar-refractivity contribution in [2.24, 2.45) is 0 Å². The molecule has 0 aromatic heterocycles. The Hall–Kier alpha value is -0.0100. The minimum absolute atomic E-state index is 1.03. The third-order valence-corrected chi connectivity index (χ3v) is 1.92. The first-order valence-electron chi connectivity index (χ1n) is 3.66. The molecule has 86 valence electrons. The monoisotopic (exact) mass is 230 g/mol. The molecule has 0 radical (unpaired) electrons. The Morgan fingerprint density at radius 2 is 1.07 bits per heavy atom. The summed E-state index contributed by atoms with van der Waals surface area (Å²) in [6.45, 7) is -2.06. The van der Waals surface area contributed by atoms with E-state index in [1.807, 2.05) is 0 Å². The van der Waals surface area contributed by atoms with Crippen LogP contribution in [0.4, 0.5) is 0 Å².